The van der Waals surface area contributed by atoms with Crippen molar-refractivity contribution in [2.75, 3.05) is 0 Å². The van der Waals surface area contributed by atoms with Gasteiger partial charge in [0.05, 0.1) is 5.57 Å². The number of rotatable bonds is 3. The van der Waals surface area contributed by atoms with Gasteiger partial charge in [-0.15, -0.1) is 0 Å². The van der Waals surface area contributed by atoms with Gasteiger partial charge in [-0.2, -0.15) is 0 Å². The van der Waals surface area contributed by atoms with Gasteiger partial charge in [0.15, 0.2) is 6.29 Å². The first-order valence-electron chi connectivity index (χ1n) is 5.15. The first-order valence-corrected chi connectivity index (χ1v) is 5.15. The van der Waals surface area contributed by atoms with Crippen LogP contribution in [0.25, 0.3) is 0 Å². The van der Waals surface area contributed by atoms with Crippen molar-refractivity contribution < 1.29 is 13.6 Å². The fourth-order valence-corrected chi connectivity index (χ4v) is 1.86. The molecule has 15 heavy (non-hydrogen) atoms. The van der Waals surface area contributed by atoms with Crippen LogP contribution in [-0.4, -0.2) is 12.5 Å². The second-order valence-electron chi connectivity index (χ2n) is 4.29. The summed E-state index contributed by atoms with van der Waals surface area (Å²) < 4.78 is 27.1. The SMILES string of the molecule is CCC(C)C1(C)C=CC(F)=C(C=O)C1F. The highest BCUT2D eigenvalue weighted by molar-refractivity contribution is 5.77. The number of halogens is 2. The molecule has 1 aliphatic rings. The normalized spacial score (nSPS) is 33.0. The van der Waals surface area contributed by atoms with Crippen LogP contribution in [0.3, 0.4) is 0 Å². The van der Waals surface area contributed by atoms with Gasteiger partial charge in [0.2, 0.25) is 0 Å². The lowest BCUT2D eigenvalue weighted by atomic mass is 9.69. The standard InChI is InChI=1S/C12H16F2O/c1-4-8(2)12(3)6-5-10(13)9(7-15)11(12)14/h5-8,11H,4H2,1-3H3. The molecule has 3 unspecified atom stereocenters. The summed E-state index contributed by atoms with van der Waals surface area (Å²) in [5, 5.41) is 0. The molecule has 3 heteroatoms. The van der Waals surface area contributed by atoms with Gasteiger partial charge < -0.3 is 0 Å². The summed E-state index contributed by atoms with van der Waals surface area (Å²) in [5.41, 5.74) is -1.14. The van der Waals surface area contributed by atoms with E-state index in [1.807, 2.05) is 13.8 Å². The molecular formula is C12H16F2O. The molecule has 0 N–H and O–H groups in total. The molecule has 0 amide bonds. The largest absolute Gasteiger partial charge is 0.298 e. The molecule has 3 atom stereocenters. The minimum absolute atomic E-state index is 0.0619. The third kappa shape index (κ3) is 1.87. The molecule has 84 valence electrons. The van der Waals surface area contributed by atoms with Crippen molar-refractivity contribution in [2.45, 2.75) is 33.4 Å². The minimum Gasteiger partial charge on any atom is -0.298 e. The number of alkyl halides is 1. The summed E-state index contributed by atoms with van der Waals surface area (Å²) in [5.74, 6) is -0.690. The molecule has 0 fully saturated rings. The van der Waals surface area contributed by atoms with E-state index in [2.05, 4.69) is 0 Å². The minimum atomic E-state index is -1.55. The maximum absolute atomic E-state index is 14.0. The Balaban J connectivity index is 3.10. The molecule has 1 rings (SSSR count). The second-order valence-corrected chi connectivity index (χ2v) is 4.29. The Morgan fingerprint density at radius 3 is 2.73 bits per heavy atom. The topological polar surface area (TPSA) is 17.1 Å². The first kappa shape index (κ1) is 12.1. The van der Waals surface area contributed by atoms with Gasteiger partial charge in [-0.1, -0.05) is 33.3 Å². The monoisotopic (exact) mass is 214 g/mol. The molecule has 0 bridgehead atoms. The molecule has 0 aromatic carbocycles. The van der Waals surface area contributed by atoms with Crippen molar-refractivity contribution >= 4 is 6.29 Å². The highest BCUT2D eigenvalue weighted by atomic mass is 19.1. The van der Waals surface area contributed by atoms with E-state index in [4.69, 9.17) is 0 Å². The zero-order chi connectivity index (χ0) is 11.6. The number of hydrogen-bond donors (Lipinski definition) is 0. The number of aldehydes is 1. The Labute approximate surface area is 88.9 Å². The summed E-state index contributed by atoms with van der Waals surface area (Å²) in [4.78, 5) is 10.6. The lowest BCUT2D eigenvalue weighted by Crippen LogP contribution is -2.37. The third-order valence-electron chi connectivity index (χ3n) is 3.48. The smallest absolute Gasteiger partial charge is 0.151 e. The van der Waals surface area contributed by atoms with Gasteiger partial charge in [0, 0.05) is 5.41 Å². The van der Waals surface area contributed by atoms with E-state index >= 15 is 0 Å². The van der Waals surface area contributed by atoms with E-state index in [9.17, 15) is 13.6 Å². The predicted molar refractivity (Wildman–Crippen MR) is 55.8 cm³/mol. The van der Waals surface area contributed by atoms with Crippen LogP contribution >= 0.6 is 0 Å². The van der Waals surface area contributed by atoms with Gasteiger partial charge in [-0.25, -0.2) is 8.78 Å². The highest BCUT2D eigenvalue weighted by Gasteiger charge is 2.42. The van der Waals surface area contributed by atoms with Crippen molar-refractivity contribution in [3.8, 4) is 0 Å². The summed E-state index contributed by atoms with van der Waals surface area (Å²) >= 11 is 0. The fourth-order valence-electron chi connectivity index (χ4n) is 1.86. The third-order valence-corrected chi connectivity index (χ3v) is 3.48. The highest BCUT2D eigenvalue weighted by Crippen LogP contribution is 2.43. The molecule has 0 aromatic rings. The molecule has 0 aromatic heterocycles. The Morgan fingerprint density at radius 1 is 1.67 bits per heavy atom. The number of hydrogen-bond acceptors (Lipinski definition) is 1. The van der Waals surface area contributed by atoms with Crippen molar-refractivity contribution in [3.05, 3.63) is 23.6 Å². The van der Waals surface area contributed by atoms with Crippen LogP contribution in [0.1, 0.15) is 27.2 Å². The zero-order valence-electron chi connectivity index (χ0n) is 9.26. The van der Waals surface area contributed by atoms with Crippen LogP contribution < -0.4 is 0 Å². The maximum Gasteiger partial charge on any atom is 0.151 e. The molecular weight excluding hydrogens is 198 g/mol. The Bertz CT molecular complexity index is 320. The fraction of sp³-hybridized carbons (Fsp3) is 0.583. The average molecular weight is 214 g/mol. The van der Waals surface area contributed by atoms with E-state index in [-0.39, 0.29) is 17.8 Å². The van der Waals surface area contributed by atoms with Gasteiger partial charge >= 0.3 is 0 Å². The Hall–Kier alpha value is -0.990. The van der Waals surface area contributed by atoms with Crippen molar-refractivity contribution in [1.82, 2.24) is 0 Å². The summed E-state index contributed by atoms with van der Waals surface area (Å²) in [6.45, 7) is 5.58. The van der Waals surface area contributed by atoms with E-state index < -0.39 is 17.4 Å². The molecule has 0 aliphatic heterocycles. The lowest BCUT2D eigenvalue weighted by Gasteiger charge is -2.37. The predicted octanol–water partition coefficient (Wildman–Crippen LogP) is 3.37. The molecule has 0 spiro atoms. The van der Waals surface area contributed by atoms with Crippen LogP contribution in [0.5, 0.6) is 0 Å². The zero-order valence-corrected chi connectivity index (χ0v) is 9.26. The Morgan fingerprint density at radius 2 is 2.27 bits per heavy atom. The maximum atomic E-state index is 14.0. The summed E-state index contributed by atoms with van der Waals surface area (Å²) in [6, 6.07) is 0. The van der Waals surface area contributed by atoms with Crippen molar-refractivity contribution in [3.63, 3.8) is 0 Å². The Kier molecular flexibility index (Phi) is 3.42. The van der Waals surface area contributed by atoms with Gasteiger partial charge in [0.1, 0.15) is 12.0 Å². The average Bonchev–Trinajstić information content (AvgIpc) is 2.24. The second kappa shape index (κ2) is 4.25. The first-order chi connectivity index (χ1) is 6.97. The van der Waals surface area contributed by atoms with Crippen molar-refractivity contribution in [1.29, 1.82) is 0 Å². The van der Waals surface area contributed by atoms with Gasteiger partial charge in [0.25, 0.3) is 0 Å². The van der Waals surface area contributed by atoms with E-state index in [1.54, 1.807) is 6.92 Å². The van der Waals surface area contributed by atoms with Gasteiger partial charge in [-0.05, 0) is 12.0 Å². The van der Waals surface area contributed by atoms with Gasteiger partial charge in [-0.3, -0.25) is 4.79 Å². The van der Waals surface area contributed by atoms with Crippen LogP contribution in [0.2, 0.25) is 0 Å². The quantitative estimate of drug-likeness (QED) is 0.658. The van der Waals surface area contributed by atoms with Crippen LogP contribution in [0.4, 0.5) is 8.78 Å². The van der Waals surface area contributed by atoms with Crippen LogP contribution in [0.15, 0.2) is 23.6 Å². The van der Waals surface area contributed by atoms with E-state index in [0.717, 1.165) is 6.42 Å². The molecule has 0 saturated carbocycles. The molecule has 1 nitrogen and oxygen atoms in total. The molecule has 1 aliphatic carbocycles. The summed E-state index contributed by atoms with van der Waals surface area (Å²) in [7, 11) is 0. The molecule has 0 heterocycles. The number of allylic oxidation sites excluding steroid dienone is 4. The lowest BCUT2D eigenvalue weighted by molar-refractivity contribution is -0.106. The summed E-state index contributed by atoms with van der Waals surface area (Å²) in [6.07, 6.45) is 2.26. The van der Waals surface area contributed by atoms with E-state index in [0.29, 0.717) is 0 Å². The molecule has 0 saturated heterocycles. The van der Waals surface area contributed by atoms with E-state index in [1.165, 1.54) is 12.2 Å². The van der Waals surface area contributed by atoms with Crippen molar-refractivity contribution in [2.24, 2.45) is 11.3 Å². The van der Waals surface area contributed by atoms with Crippen LogP contribution in [-0.2, 0) is 4.79 Å². The number of carbonyl (C=O) groups excluding carboxylic acids is 1. The number of carbonyl (C=O) groups is 1. The van der Waals surface area contributed by atoms with Crippen LogP contribution in [0, 0.1) is 11.3 Å². The molecule has 0 radical (unpaired) electrons.